The van der Waals surface area contributed by atoms with Gasteiger partial charge in [0.2, 0.25) is 5.91 Å². The van der Waals surface area contributed by atoms with E-state index in [1.807, 2.05) is 24.3 Å². The Balaban J connectivity index is 1.49. The Morgan fingerprint density at radius 3 is 2.70 bits per heavy atom. The third-order valence-electron chi connectivity index (χ3n) is 3.40. The molecule has 1 aromatic carbocycles. The van der Waals surface area contributed by atoms with E-state index < -0.39 is 0 Å². The minimum absolute atomic E-state index is 0.219. The number of imide groups is 1. The van der Waals surface area contributed by atoms with Crippen LogP contribution in [0.1, 0.15) is 17.1 Å². The normalized spacial score (nSPS) is 17.3. The first-order chi connectivity index (χ1) is 11.1. The second-order valence-electron chi connectivity index (χ2n) is 5.19. The summed E-state index contributed by atoms with van der Waals surface area (Å²) in [5, 5.41) is 1.67. The van der Waals surface area contributed by atoms with E-state index in [2.05, 4.69) is 10.3 Å². The first-order valence-corrected chi connectivity index (χ1v) is 8.12. The maximum Gasteiger partial charge on any atom is 0.286 e. The second-order valence-corrected chi connectivity index (χ2v) is 6.36. The van der Waals surface area contributed by atoms with E-state index in [-0.39, 0.29) is 16.4 Å². The van der Waals surface area contributed by atoms with E-state index in [0.29, 0.717) is 25.3 Å². The van der Waals surface area contributed by atoms with Crippen LogP contribution in [0.5, 0.6) is 5.75 Å². The maximum absolute atomic E-state index is 11.5. The van der Waals surface area contributed by atoms with Crippen LogP contribution >= 0.6 is 11.8 Å². The Labute approximate surface area is 137 Å². The number of carbonyl (C=O) groups is 2. The Hall–Kier alpha value is -2.28. The monoisotopic (exact) mass is 332 g/mol. The van der Waals surface area contributed by atoms with Crippen molar-refractivity contribution in [3.63, 3.8) is 0 Å². The number of hydrogen-bond donors (Lipinski definition) is 1. The van der Waals surface area contributed by atoms with Crippen molar-refractivity contribution in [2.24, 2.45) is 0 Å². The number of hydrogen-bond acceptors (Lipinski definition) is 6. The van der Waals surface area contributed by atoms with Crippen molar-refractivity contribution in [1.29, 1.82) is 0 Å². The number of aromatic nitrogens is 1. The zero-order valence-electron chi connectivity index (χ0n) is 12.6. The number of amides is 2. The topological polar surface area (TPSA) is 81.4 Å². The van der Waals surface area contributed by atoms with Crippen molar-refractivity contribution < 1.29 is 18.7 Å². The van der Waals surface area contributed by atoms with E-state index in [4.69, 9.17) is 9.15 Å². The molecule has 1 N–H and O–H groups in total. The molecule has 7 heteroatoms. The summed E-state index contributed by atoms with van der Waals surface area (Å²) in [6.45, 7) is 2.32. The molecular formula is C16H16N2O4S. The van der Waals surface area contributed by atoms with Crippen LogP contribution in [0.2, 0.25) is 0 Å². The van der Waals surface area contributed by atoms with E-state index in [1.165, 1.54) is 0 Å². The van der Waals surface area contributed by atoms with Crippen molar-refractivity contribution >= 4 is 22.9 Å². The summed E-state index contributed by atoms with van der Waals surface area (Å²) in [5.74, 6) is 1.19. The third-order valence-corrected chi connectivity index (χ3v) is 4.39. The smallest absolute Gasteiger partial charge is 0.286 e. The molecule has 0 bridgehead atoms. The van der Waals surface area contributed by atoms with Crippen molar-refractivity contribution in [3.8, 4) is 5.75 Å². The molecule has 1 aliphatic rings. The van der Waals surface area contributed by atoms with E-state index in [1.54, 1.807) is 13.2 Å². The fourth-order valence-electron chi connectivity index (χ4n) is 2.26. The van der Waals surface area contributed by atoms with Gasteiger partial charge in [-0.05, 0) is 24.1 Å². The number of rotatable bonds is 6. The van der Waals surface area contributed by atoms with Gasteiger partial charge >= 0.3 is 0 Å². The highest BCUT2D eigenvalue weighted by molar-refractivity contribution is 8.15. The van der Waals surface area contributed by atoms with Gasteiger partial charge in [0.05, 0.1) is 17.6 Å². The third kappa shape index (κ3) is 4.13. The largest absolute Gasteiger partial charge is 0.493 e. The van der Waals surface area contributed by atoms with Gasteiger partial charge in [-0.1, -0.05) is 23.9 Å². The SMILES string of the molecule is Cc1nc(CCOc2ccc(CC3SC(=O)NC3=O)cc2)co1. The lowest BCUT2D eigenvalue weighted by molar-refractivity contribution is -0.118. The summed E-state index contributed by atoms with van der Waals surface area (Å²) in [7, 11) is 0. The van der Waals surface area contributed by atoms with Gasteiger partial charge in [-0.25, -0.2) is 4.98 Å². The summed E-state index contributed by atoms with van der Waals surface area (Å²) in [5.41, 5.74) is 1.86. The Bertz CT molecular complexity index is 711. The van der Waals surface area contributed by atoms with Gasteiger partial charge in [0.15, 0.2) is 5.89 Å². The molecule has 3 rings (SSSR count). The highest BCUT2D eigenvalue weighted by Gasteiger charge is 2.31. The predicted octanol–water partition coefficient (Wildman–Crippen LogP) is 2.50. The number of carbonyl (C=O) groups excluding carboxylic acids is 2. The molecule has 1 aromatic heterocycles. The molecule has 1 atom stereocenters. The van der Waals surface area contributed by atoms with Crippen LogP contribution in [0.15, 0.2) is 34.9 Å². The highest BCUT2D eigenvalue weighted by Crippen LogP contribution is 2.23. The van der Waals surface area contributed by atoms with Crippen molar-refractivity contribution in [3.05, 3.63) is 47.7 Å². The van der Waals surface area contributed by atoms with Crippen LogP contribution in [0.25, 0.3) is 0 Å². The average molecular weight is 332 g/mol. The van der Waals surface area contributed by atoms with Crippen LogP contribution in [0.3, 0.4) is 0 Å². The highest BCUT2D eigenvalue weighted by atomic mass is 32.2. The van der Waals surface area contributed by atoms with Gasteiger partial charge in [-0.3, -0.25) is 14.9 Å². The molecule has 2 amide bonds. The Morgan fingerprint density at radius 1 is 1.30 bits per heavy atom. The number of nitrogens with zero attached hydrogens (tertiary/aromatic N) is 1. The number of thioether (sulfide) groups is 1. The molecule has 0 aliphatic carbocycles. The number of nitrogens with one attached hydrogen (secondary N) is 1. The molecular weight excluding hydrogens is 316 g/mol. The number of aryl methyl sites for hydroxylation is 1. The molecule has 0 radical (unpaired) electrons. The van der Waals surface area contributed by atoms with Crippen molar-refractivity contribution in [2.45, 2.75) is 25.0 Å². The number of benzene rings is 1. The summed E-state index contributed by atoms with van der Waals surface area (Å²) in [6, 6.07) is 7.55. The quantitative estimate of drug-likeness (QED) is 0.875. The molecule has 120 valence electrons. The molecule has 1 unspecified atom stereocenters. The first kappa shape index (κ1) is 15.6. The Kier molecular flexibility index (Phi) is 4.66. The summed E-state index contributed by atoms with van der Waals surface area (Å²) >= 11 is 1.04. The summed E-state index contributed by atoms with van der Waals surface area (Å²) in [4.78, 5) is 26.9. The van der Waals surface area contributed by atoms with Gasteiger partial charge in [-0.15, -0.1) is 0 Å². The molecule has 2 heterocycles. The van der Waals surface area contributed by atoms with Crippen molar-refractivity contribution in [1.82, 2.24) is 10.3 Å². The lowest BCUT2D eigenvalue weighted by atomic mass is 10.1. The molecule has 23 heavy (non-hydrogen) atoms. The van der Waals surface area contributed by atoms with Crippen LogP contribution in [0.4, 0.5) is 4.79 Å². The first-order valence-electron chi connectivity index (χ1n) is 7.24. The summed E-state index contributed by atoms with van der Waals surface area (Å²) in [6.07, 6.45) is 2.84. The van der Waals surface area contributed by atoms with Crippen molar-refractivity contribution in [2.75, 3.05) is 6.61 Å². The molecule has 6 nitrogen and oxygen atoms in total. The van der Waals surface area contributed by atoms with Gasteiger partial charge in [0.25, 0.3) is 5.24 Å². The second kappa shape index (κ2) is 6.87. The standard InChI is InChI=1S/C16H16N2O4S/c1-10-17-12(9-22-10)6-7-21-13-4-2-11(3-5-13)8-14-15(19)18-16(20)23-14/h2-5,9,14H,6-8H2,1H3,(H,18,19,20). The summed E-state index contributed by atoms with van der Waals surface area (Å²) < 4.78 is 10.8. The lowest BCUT2D eigenvalue weighted by Crippen LogP contribution is -2.25. The van der Waals surface area contributed by atoms with E-state index in [0.717, 1.165) is 28.8 Å². The maximum atomic E-state index is 11.5. The predicted molar refractivity (Wildman–Crippen MR) is 85.5 cm³/mol. The zero-order chi connectivity index (χ0) is 16.2. The molecule has 0 saturated carbocycles. The molecule has 1 aliphatic heterocycles. The fraction of sp³-hybridized carbons (Fsp3) is 0.312. The zero-order valence-corrected chi connectivity index (χ0v) is 13.4. The molecule has 1 fully saturated rings. The number of oxazole rings is 1. The minimum Gasteiger partial charge on any atom is -0.493 e. The number of ether oxygens (including phenoxy) is 1. The molecule has 2 aromatic rings. The van der Waals surface area contributed by atoms with Crippen LogP contribution in [-0.2, 0) is 17.6 Å². The minimum atomic E-state index is -0.343. The van der Waals surface area contributed by atoms with Gasteiger partial charge in [0, 0.05) is 13.3 Å². The van der Waals surface area contributed by atoms with Gasteiger partial charge in [0.1, 0.15) is 12.0 Å². The Morgan fingerprint density at radius 2 is 2.09 bits per heavy atom. The van der Waals surface area contributed by atoms with E-state index in [9.17, 15) is 9.59 Å². The van der Waals surface area contributed by atoms with Gasteiger partial charge in [-0.2, -0.15) is 0 Å². The molecule has 0 spiro atoms. The van der Waals surface area contributed by atoms with Crippen LogP contribution in [0, 0.1) is 6.92 Å². The van der Waals surface area contributed by atoms with Crippen LogP contribution in [-0.4, -0.2) is 28.0 Å². The average Bonchev–Trinajstić information content (AvgIpc) is 3.06. The van der Waals surface area contributed by atoms with E-state index >= 15 is 0 Å². The molecule has 1 saturated heterocycles. The fourth-order valence-corrected chi connectivity index (χ4v) is 3.12. The lowest BCUT2D eigenvalue weighted by Gasteiger charge is -2.08. The van der Waals surface area contributed by atoms with Gasteiger partial charge < -0.3 is 9.15 Å². The van der Waals surface area contributed by atoms with Crippen LogP contribution < -0.4 is 10.1 Å².